The Labute approximate surface area is 119 Å². The highest BCUT2D eigenvalue weighted by Gasteiger charge is 2.22. The summed E-state index contributed by atoms with van der Waals surface area (Å²) in [6, 6.07) is 6.10. The van der Waals surface area contributed by atoms with Crippen molar-refractivity contribution in [1.82, 2.24) is 0 Å². The number of para-hydroxylation sites is 1. The average molecular weight is 316 g/mol. The summed E-state index contributed by atoms with van der Waals surface area (Å²) < 4.78 is 66.4. The molecule has 21 heavy (non-hydrogen) atoms. The van der Waals surface area contributed by atoms with Gasteiger partial charge in [0.25, 0.3) is 10.0 Å². The van der Waals surface area contributed by atoms with Gasteiger partial charge < -0.3 is 5.73 Å². The van der Waals surface area contributed by atoms with E-state index in [1.54, 1.807) is 4.72 Å². The van der Waals surface area contributed by atoms with Gasteiger partial charge in [-0.25, -0.2) is 21.6 Å². The molecule has 0 atom stereocenters. The van der Waals surface area contributed by atoms with Crippen LogP contribution in [0.1, 0.15) is 5.56 Å². The molecule has 0 aliphatic rings. The second kappa shape index (κ2) is 5.74. The van der Waals surface area contributed by atoms with Crippen LogP contribution >= 0.6 is 0 Å². The summed E-state index contributed by atoms with van der Waals surface area (Å²) in [5, 5.41) is 0. The van der Waals surface area contributed by atoms with E-state index in [4.69, 9.17) is 5.73 Å². The molecule has 4 nitrogen and oxygen atoms in total. The highest BCUT2D eigenvalue weighted by molar-refractivity contribution is 7.92. The number of nitrogens with one attached hydrogen (secondary N) is 1. The molecule has 112 valence electrons. The molecule has 0 heterocycles. The van der Waals surface area contributed by atoms with E-state index >= 15 is 0 Å². The van der Waals surface area contributed by atoms with Crippen molar-refractivity contribution in [3.63, 3.8) is 0 Å². The van der Waals surface area contributed by atoms with Crippen LogP contribution in [0.3, 0.4) is 0 Å². The highest BCUT2D eigenvalue weighted by Crippen LogP contribution is 2.24. The molecule has 2 rings (SSSR count). The van der Waals surface area contributed by atoms with Crippen LogP contribution in [0.5, 0.6) is 0 Å². The van der Waals surface area contributed by atoms with Crippen LogP contribution in [-0.2, 0) is 16.6 Å². The van der Waals surface area contributed by atoms with E-state index in [-0.39, 0.29) is 6.54 Å². The van der Waals surface area contributed by atoms with Crippen molar-refractivity contribution in [3.05, 3.63) is 59.4 Å². The SMILES string of the molecule is NCc1ccc(F)c(S(=O)(=O)Nc2c(F)cccc2F)c1. The van der Waals surface area contributed by atoms with E-state index in [1.165, 1.54) is 6.07 Å². The molecule has 3 N–H and O–H groups in total. The molecule has 0 fully saturated rings. The molecule has 0 aromatic heterocycles. The highest BCUT2D eigenvalue weighted by atomic mass is 32.2. The second-order valence-electron chi connectivity index (χ2n) is 4.17. The maximum atomic E-state index is 13.7. The molecule has 0 unspecified atom stereocenters. The largest absolute Gasteiger partial charge is 0.326 e. The zero-order valence-electron chi connectivity index (χ0n) is 10.6. The van der Waals surface area contributed by atoms with E-state index in [0.29, 0.717) is 5.56 Å². The van der Waals surface area contributed by atoms with Crippen LogP contribution in [0.25, 0.3) is 0 Å². The van der Waals surface area contributed by atoms with Crippen molar-refractivity contribution >= 4 is 15.7 Å². The zero-order chi connectivity index (χ0) is 15.6. The lowest BCUT2D eigenvalue weighted by atomic mass is 10.2. The van der Waals surface area contributed by atoms with E-state index < -0.39 is 38.1 Å². The first-order valence-electron chi connectivity index (χ1n) is 5.80. The number of halogens is 3. The summed E-state index contributed by atoms with van der Waals surface area (Å²) in [7, 11) is -4.48. The molecule has 0 amide bonds. The molecule has 0 saturated carbocycles. The third-order valence-corrected chi connectivity index (χ3v) is 4.08. The third-order valence-electron chi connectivity index (χ3n) is 2.72. The summed E-state index contributed by atoms with van der Waals surface area (Å²) in [4.78, 5) is -0.729. The fourth-order valence-electron chi connectivity index (χ4n) is 1.67. The predicted octanol–water partition coefficient (Wildman–Crippen LogP) is 2.36. The van der Waals surface area contributed by atoms with Gasteiger partial charge in [0.15, 0.2) is 0 Å². The second-order valence-corrected chi connectivity index (χ2v) is 5.82. The van der Waals surface area contributed by atoms with E-state index in [2.05, 4.69) is 0 Å². The van der Waals surface area contributed by atoms with Gasteiger partial charge in [-0.15, -0.1) is 0 Å². The lowest BCUT2D eigenvalue weighted by molar-refractivity contribution is 0.565. The fourth-order valence-corrected chi connectivity index (χ4v) is 2.87. The Hall–Kier alpha value is -2.06. The maximum absolute atomic E-state index is 13.7. The molecule has 8 heteroatoms. The summed E-state index contributed by atoms with van der Waals surface area (Å²) in [5.74, 6) is -3.25. The molecule has 0 radical (unpaired) electrons. The third kappa shape index (κ3) is 3.17. The predicted molar refractivity (Wildman–Crippen MR) is 71.5 cm³/mol. The van der Waals surface area contributed by atoms with E-state index in [9.17, 15) is 21.6 Å². The minimum Gasteiger partial charge on any atom is -0.326 e. The van der Waals surface area contributed by atoms with Gasteiger partial charge >= 0.3 is 0 Å². The number of nitrogens with two attached hydrogens (primary N) is 1. The van der Waals surface area contributed by atoms with Gasteiger partial charge in [-0.2, -0.15) is 0 Å². The van der Waals surface area contributed by atoms with E-state index in [1.807, 2.05) is 0 Å². The summed E-state index contributed by atoms with van der Waals surface area (Å²) in [6.07, 6.45) is 0. The number of benzene rings is 2. The molecule has 0 aliphatic heterocycles. The molecule has 0 saturated heterocycles. The smallest absolute Gasteiger partial charge is 0.265 e. The molecular formula is C13H11F3N2O2S. The van der Waals surface area contributed by atoms with Gasteiger partial charge in [-0.05, 0) is 29.8 Å². The van der Waals surface area contributed by atoms with Crippen LogP contribution < -0.4 is 10.5 Å². The molecular weight excluding hydrogens is 305 g/mol. The van der Waals surface area contributed by atoms with Gasteiger partial charge in [-0.1, -0.05) is 12.1 Å². The lowest BCUT2D eigenvalue weighted by Crippen LogP contribution is -2.17. The lowest BCUT2D eigenvalue weighted by Gasteiger charge is -2.11. The number of anilines is 1. The number of hydrogen-bond donors (Lipinski definition) is 2. The standard InChI is InChI=1S/C13H11F3N2O2S/c14-9-5-4-8(7-17)6-12(9)21(19,20)18-13-10(15)2-1-3-11(13)16/h1-6,18H,7,17H2. The van der Waals surface area contributed by atoms with Gasteiger partial charge in [0.05, 0.1) is 0 Å². The van der Waals surface area contributed by atoms with Crippen molar-refractivity contribution in [2.75, 3.05) is 4.72 Å². The Balaban J connectivity index is 2.48. The minimum atomic E-state index is -4.48. The molecule has 0 bridgehead atoms. The number of rotatable bonds is 4. The Morgan fingerprint density at radius 2 is 1.62 bits per heavy atom. The summed E-state index contributed by atoms with van der Waals surface area (Å²) >= 11 is 0. The van der Waals surface area contributed by atoms with Gasteiger partial charge in [0, 0.05) is 6.54 Å². The first-order chi connectivity index (χ1) is 9.85. The van der Waals surface area contributed by atoms with Crippen LogP contribution in [0.15, 0.2) is 41.3 Å². The average Bonchev–Trinajstić information content (AvgIpc) is 2.43. The van der Waals surface area contributed by atoms with Crippen LogP contribution in [0, 0.1) is 17.5 Å². The Bertz CT molecular complexity index is 759. The van der Waals surface area contributed by atoms with Crippen molar-refractivity contribution < 1.29 is 21.6 Å². The first kappa shape index (κ1) is 15.3. The number of hydrogen-bond acceptors (Lipinski definition) is 3. The van der Waals surface area contributed by atoms with Gasteiger partial charge in [0.2, 0.25) is 0 Å². The van der Waals surface area contributed by atoms with Crippen molar-refractivity contribution in [1.29, 1.82) is 0 Å². The summed E-state index contributed by atoms with van der Waals surface area (Å²) in [6.45, 7) is -0.00312. The van der Waals surface area contributed by atoms with Crippen molar-refractivity contribution in [2.24, 2.45) is 5.73 Å². The quantitative estimate of drug-likeness (QED) is 0.909. The minimum absolute atomic E-state index is 0.00312. The zero-order valence-corrected chi connectivity index (χ0v) is 11.4. The molecule has 0 spiro atoms. The fraction of sp³-hybridized carbons (Fsp3) is 0.0769. The summed E-state index contributed by atoms with van der Waals surface area (Å²) in [5.41, 5.74) is 4.86. The molecule has 2 aromatic rings. The number of sulfonamides is 1. The monoisotopic (exact) mass is 316 g/mol. The molecule has 2 aromatic carbocycles. The van der Waals surface area contributed by atoms with Gasteiger partial charge in [0.1, 0.15) is 28.0 Å². The normalized spacial score (nSPS) is 11.4. The maximum Gasteiger partial charge on any atom is 0.265 e. The van der Waals surface area contributed by atoms with Crippen LogP contribution in [0.2, 0.25) is 0 Å². The van der Waals surface area contributed by atoms with Gasteiger partial charge in [-0.3, -0.25) is 4.72 Å². The Morgan fingerprint density at radius 1 is 1.00 bits per heavy atom. The van der Waals surface area contributed by atoms with Crippen LogP contribution in [-0.4, -0.2) is 8.42 Å². The Morgan fingerprint density at radius 3 is 2.19 bits per heavy atom. The first-order valence-corrected chi connectivity index (χ1v) is 7.29. The molecule has 0 aliphatic carbocycles. The Kier molecular flexibility index (Phi) is 4.19. The topological polar surface area (TPSA) is 72.2 Å². The van der Waals surface area contributed by atoms with Crippen molar-refractivity contribution in [2.45, 2.75) is 11.4 Å². The van der Waals surface area contributed by atoms with E-state index in [0.717, 1.165) is 30.3 Å². The van der Waals surface area contributed by atoms with Crippen molar-refractivity contribution in [3.8, 4) is 0 Å². The van der Waals surface area contributed by atoms with Crippen LogP contribution in [0.4, 0.5) is 18.9 Å².